The van der Waals surface area contributed by atoms with Crippen LogP contribution in [0.2, 0.25) is 0 Å². The lowest BCUT2D eigenvalue weighted by Crippen LogP contribution is -2.49. The number of hydrogen-bond acceptors (Lipinski definition) is 8. The van der Waals surface area contributed by atoms with Gasteiger partial charge in [0.15, 0.2) is 11.8 Å². The molecule has 52 heavy (non-hydrogen) atoms. The third kappa shape index (κ3) is 14.8. The van der Waals surface area contributed by atoms with E-state index in [1.165, 1.54) is 64.7 Å². The molecule has 2 amide bonds. The van der Waals surface area contributed by atoms with Gasteiger partial charge in [-0.05, 0) is 116 Å². The van der Waals surface area contributed by atoms with Gasteiger partial charge in [0.1, 0.15) is 17.8 Å². The van der Waals surface area contributed by atoms with Gasteiger partial charge in [0, 0.05) is 24.0 Å². The number of allylic oxidation sites excluding steroid dienone is 3. The Kier molecular flexibility index (Phi) is 20.4. The molecule has 3 rings (SSSR count). The molecule has 1 spiro atoms. The molecule has 2 heterocycles. The van der Waals surface area contributed by atoms with Gasteiger partial charge in [-0.3, -0.25) is 9.59 Å². The van der Waals surface area contributed by atoms with E-state index in [0.29, 0.717) is 52.9 Å². The van der Waals surface area contributed by atoms with Crippen LogP contribution in [-0.2, 0) is 30.3 Å². The number of carbonyl (C=O) groups is 2. The number of nitrogens with zero attached hydrogens (tertiary/aromatic N) is 1. The van der Waals surface area contributed by atoms with Gasteiger partial charge in [0.05, 0.1) is 33.6 Å². The zero-order chi connectivity index (χ0) is 37.9. The van der Waals surface area contributed by atoms with Gasteiger partial charge in [-0.15, -0.1) is 0 Å². The van der Waals surface area contributed by atoms with E-state index in [1.54, 1.807) is 0 Å². The summed E-state index contributed by atoms with van der Waals surface area (Å²) in [6, 6.07) is 3.97. The van der Waals surface area contributed by atoms with Crippen LogP contribution in [0, 0.1) is 5.92 Å². The maximum atomic E-state index is 12.8. The number of aliphatic hydroxyl groups is 1. The molecule has 2 aliphatic rings. The molecule has 0 aliphatic carbocycles. The lowest BCUT2D eigenvalue weighted by atomic mass is 10.0. The highest BCUT2D eigenvalue weighted by molar-refractivity contribution is 9.12. The summed E-state index contributed by atoms with van der Waals surface area (Å²) in [5, 5.41) is 20.5. The maximum Gasteiger partial charge on any atom is 0.311 e. The summed E-state index contributed by atoms with van der Waals surface area (Å²) < 4.78 is 19.7. The molecular weight excluding hydrogens is 930 g/mol. The van der Waals surface area contributed by atoms with Crippen LogP contribution in [0.15, 0.2) is 59.4 Å². The minimum absolute atomic E-state index is 0.0617. The van der Waals surface area contributed by atoms with Crippen molar-refractivity contribution >= 4 is 81.2 Å². The zero-order valence-corrected chi connectivity index (χ0v) is 36.8. The average Bonchev–Trinajstić information content (AvgIpc) is 3.34. The number of oxime groups is 1. The third-order valence-corrected chi connectivity index (χ3v) is 11.0. The predicted octanol–water partition coefficient (Wildman–Crippen LogP) is 9.61. The van der Waals surface area contributed by atoms with Crippen LogP contribution in [-0.4, -0.2) is 61.3 Å². The zero-order valence-electron chi connectivity index (χ0n) is 30.4. The number of amides is 2. The highest BCUT2D eigenvalue weighted by Gasteiger charge is 2.54. The van der Waals surface area contributed by atoms with E-state index < -0.39 is 17.8 Å². The SMILES string of the molecule is COC1=C(Br)CC2(OC=C1Br)ON=C(C(=O)NCCCOc1c(Br)cc(CCNC(=O)CCCCCCCCC=CCCCC(C)C)cc1Br)C2O. The molecule has 2 atom stereocenters. The van der Waals surface area contributed by atoms with Crippen molar-refractivity contribution in [2.24, 2.45) is 11.1 Å². The monoisotopic (exact) mass is 979 g/mol. The van der Waals surface area contributed by atoms with Crippen LogP contribution in [0.25, 0.3) is 0 Å². The molecule has 2 aliphatic heterocycles. The normalized spacial score (nSPS) is 18.6. The fraction of sp³-hybridized carbons (Fsp3) is 0.605. The summed E-state index contributed by atoms with van der Waals surface area (Å²) in [7, 11) is 1.51. The van der Waals surface area contributed by atoms with Gasteiger partial charge < -0.3 is 34.8 Å². The molecule has 1 aromatic rings. The Morgan fingerprint density at radius 1 is 0.981 bits per heavy atom. The van der Waals surface area contributed by atoms with Crippen molar-refractivity contribution in [3.8, 4) is 5.75 Å². The van der Waals surface area contributed by atoms with Crippen molar-refractivity contribution in [3.63, 3.8) is 0 Å². The number of methoxy groups -OCH3 is 1. The van der Waals surface area contributed by atoms with Crippen LogP contribution in [0.1, 0.15) is 103 Å². The largest absolute Gasteiger partial charge is 0.495 e. The van der Waals surface area contributed by atoms with E-state index in [1.807, 2.05) is 12.1 Å². The Morgan fingerprint density at radius 3 is 2.35 bits per heavy atom. The van der Waals surface area contributed by atoms with E-state index >= 15 is 0 Å². The molecule has 1 aromatic carbocycles. The molecular formula is C38H53Br4N3O7. The van der Waals surface area contributed by atoms with Crippen LogP contribution in [0.5, 0.6) is 5.75 Å². The van der Waals surface area contributed by atoms with Gasteiger partial charge in [-0.2, -0.15) is 0 Å². The molecule has 0 radical (unpaired) electrons. The first-order valence-electron chi connectivity index (χ1n) is 18.2. The van der Waals surface area contributed by atoms with Crippen molar-refractivity contribution in [3.05, 3.63) is 59.8 Å². The Balaban J connectivity index is 1.26. The van der Waals surface area contributed by atoms with Crippen molar-refractivity contribution < 1.29 is 33.7 Å². The topological polar surface area (TPSA) is 128 Å². The Labute approximate surface area is 342 Å². The first kappa shape index (κ1) is 44.5. The number of carbonyl (C=O) groups excluding carboxylic acids is 2. The highest BCUT2D eigenvalue weighted by Crippen LogP contribution is 2.41. The number of halogens is 4. The molecule has 14 heteroatoms. The predicted molar refractivity (Wildman–Crippen MR) is 219 cm³/mol. The second kappa shape index (κ2) is 23.8. The molecule has 10 nitrogen and oxygen atoms in total. The number of nitrogens with one attached hydrogen (secondary N) is 2. The second-order valence-electron chi connectivity index (χ2n) is 13.4. The van der Waals surface area contributed by atoms with Crippen molar-refractivity contribution in [1.29, 1.82) is 0 Å². The standard InChI is InChI=1S/C38H53Br4N3O7/c1-26(2)16-13-11-9-7-5-4-6-8-10-12-14-17-32(46)43-20-18-27-22-28(39)35(29(40)23-27)50-21-15-19-44-37(48)33-36(47)38(52-45-33)24-30(41)34(49-3)31(42)25-51-38/h7,9,22-23,25-26,36,47H,4-6,8,10-21,24H2,1-3H3,(H,43,46)(H,44,48). The summed E-state index contributed by atoms with van der Waals surface area (Å²) in [5.74, 6) is -0.144. The summed E-state index contributed by atoms with van der Waals surface area (Å²) >= 11 is 14.0. The molecule has 3 N–H and O–H groups in total. The summed E-state index contributed by atoms with van der Waals surface area (Å²) in [5.41, 5.74) is 0.873. The van der Waals surface area contributed by atoms with Crippen molar-refractivity contribution in [1.82, 2.24) is 10.6 Å². The number of benzene rings is 1. The van der Waals surface area contributed by atoms with Crippen LogP contribution < -0.4 is 15.4 Å². The highest BCUT2D eigenvalue weighted by atomic mass is 79.9. The molecule has 2 unspecified atom stereocenters. The smallest absolute Gasteiger partial charge is 0.311 e. The minimum atomic E-state index is -1.60. The van der Waals surface area contributed by atoms with Gasteiger partial charge in [0.25, 0.3) is 5.91 Å². The summed E-state index contributed by atoms with van der Waals surface area (Å²) in [6.07, 6.45) is 18.4. The van der Waals surface area contributed by atoms with Crippen LogP contribution in [0.4, 0.5) is 0 Å². The van der Waals surface area contributed by atoms with Gasteiger partial charge in [0.2, 0.25) is 5.91 Å². The number of ether oxygens (including phenoxy) is 3. The Morgan fingerprint density at radius 2 is 1.65 bits per heavy atom. The number of hydrogen-bond donors (Lipinski definition) is 3. The summed E-state index contributed by atoms with van der Waals surface area (Å²) in [6.45, 7) is 5.74. The van der Waals surface area contributed by atoms with Gasteiger partial charge >= 0.3 is 5.79 Å². The van der Waals surface area contributed by atoms with Gasteiger partial charge in [-0.25, -0.2) is 0 Å². The number of unbranched alkanes of at least 4 members (excludes halogenated alkanes) is 7. The van der Waals surface area contributed by atoms with Crippen LogP contribution >= 0.6 is 63.7 Å². The fourth-order valence-electron chi connectivity index (χ4n) is 5.70. The van der Waals surface area contributed by atoms with E-state index in [4.69, 9.17) is 19.0 Å². The lowest BCUT2D eigenvalue weighted by Gasteiger charge is -2.27. The van der Waals surface area contributed by atoms with E-state index in [-0.39, 0.29) is 24.6 Å². The molecule has 0 saturated carbocycles. The molecule has 0 fully saturated rings. The molecule has 0 bridgehead atoms. The first-order valence-corrected chi connectivity index (χ1v) is 21.4. The van der Waals surface area contributed by atoms with Crippen molar-refractivity contribution in [2.45, 2.75) is 116 Å². The molecule has 0 saturated heterocycles. The average molecular weight is 983 g/mol. The Bertz CT molecular complexity index is 1430. The maximum absolute atomic E-state index is 12.8. The molecule has 290 valence electrons. The van der Waals surface area contributed by atoms with Crippen molar-refractivity contribution in [2.75, 3.05) is 26.8 Å². The fourth-order valence-corrected chi connectivity index (χ4v) is 8.74. The minimum Gasteiger partial charge on any atom is -0.495 e. The second-order valence-corrected chi connectivity index (χ2v) is 16.9. The summed E-state index contributed by atoms with van der Waals surface area (Å²) in [4.78, 5) is 30.6. The molecule has 0 aromatic heterocycles. The van der Waals surface area contributed by atoms with Crippen LogP contribution in [0.3, 0.4) is 0 Å². The van der Waals surface area contributed by atoms with Gasteiger partial charge in [-0.1, -0.05) is 79.2 Å². The van der Waals surface area contributed by atoms with E-state index in [0.717, 1.165) is 33.3 Å². The first-order chi connectivity index (χ1) is 25.0. The number of aliphatic hydroxyl groups excluding tert-OH is 1. The van der Waals surface area contributed by atoms with E-state index in [2.05, 4.69) is 106 Å². The van der Waals surface area contributed by atoms with E-state index in [9.17, 15) is 14.7 Å². The Hall–Kier alpha value is -1.87. The third-order valence-electron chi connectivity index (χ3n) is 8.63. The number of rotatable bonds is 23. The lowest BCUT2D eigenvalue weighted by molar-refractivity contribution is -0.225. The quantitative estimate of drug-likeness (QED) is 0.0737.